The maximum atomic E-state index is 12.3. The lowest BCUT2D eigenvalue weighted by Gasteiger charge is -2.13. The number of hydrogen-bond acceptors (Lipinski definition) is 5. The molecule has 1 atom stereocenters. The normalized spacial score (nSPS) is 17.2. The Morgan fingerprint density at radius 1 is 1.15 bits per heavy atom. The Hall–Kier alpha value is -3.03. The molecule has 0 spiro atoms. The van der Waals surface area contributed by atoms with Crippen molar-refractivity contribution >= 4 is 11.9 Å². The van der Waals surface area contributed by atoms with Gasteiger partial charge in [-0.1, -0.05) is 17.3 Å². The second-order valence-electron chi connectivity index (χ2n) is 6.17. The highest BCUT2D eigenvalue weighted by molar-refractivity contribution is 6.02. The van der Waals surface area contributed by atoms with Gasteiger partial charge in [-0.15, -0.1) is 13.2 Å². The van der Waals surface area contributed by atoms with E-state index in [0.29, 0.717) is 24.1 Å². The summed E-state index contributed by atoms with van der Waals surface area (Å²) in [5, 5.41) is 16.9. The highest BCUT2D eigenvalue weighted by atomic mass is 19.4. The molecule has 142 valence electrons. The fourth-order valence-corrected chi connectivity index (χ4v) is 3.25. The van der Waals surface area contributed by atoms with Crippen LogP contribution >= 0.6 is 0 Å². The molecule has 0 aliphatic heterocycles. The van der Waals surface area contributed by atoms with Crippen LogP contribution < -0.4 is 10.2 Å². The van der Waals surface area contributed by atoms with E-state index in [1.807, 2.05) is 18.2 Å². The van der Waals surface area contributed by atoms with Gasteiger partial charge in [0, 0.05) is 13.0 Å². The van der Waals surface area contributed by atoms with E-state index < -0.39 is 6.36 Å². The zero-order valence-electron chi connectivity index (χ0n) is 14.5. The number of nitrogens with one attached hydrogen (secondary N) is 1. The van der Waals surface area contributed by atoms with Crippen molar-refractivity contribution in [3.8, 4) is 5.75 Å². The first-order chi connectivity index (χ1) is 12.9. The van der Waals surface area contributed by atoms with Gasteiger partial charge in [-0.05, 0) is 65.4 Å². The number of alkyl halides is 3. The fourth-order valence-electron chi connectivity index (χ4n) is 3.25. The van der Waals surface area contributed by atoms with E-state index in [1.54, 1.807) is 13.3 Å². The van der Waals surface area contributed by atoms with Gasteiger partial charge in [0.1, 0.15) is 5.75 Å². The number of fused-ring (bicyclic) bond motifs is 1. The molecule has 1 aliphatic rings. The zero-order chi connectivity index (χ0) is 19.4. The van der Waals surface area contributed by atoms with Crippen LogP contribution in [-0.4, -0.2) is 30.5 Å². The third-order valence-electron chi connectivity index (χ3n) is 4.38. The first-order valence-electron chi connectivity index (χ1n) is 8.29. The Morgan fingerprint density at radius 3 is 2.48 bits per heavy atom. The summed E-state index contributed by atoms with van der Waals surface area (Å²) in [4.78, 5) is 0. The Kier molecular flexibility index (Phi) is 5.34. The summed E-state index contributed by atoms with van der Waals surface area (Å²) in [5.74, 6) is -0.373. The van der Waals surface area contributed by atoms with Gasteiger partial charge < -0.3 is 15.4 Å². The first-order valence-corrected chi connectivity index (χ1v) is 8.29. The quantitative estimate of drug-likeness (QED) is 0.474. The highest BCUT2D eigenvalue weighted by Gasteiger charge is 2.31. The van der Waals surface area contributed by atoms with Crippen LogP contribution in [0.25, 0.3) is 0 Å². The molecule has 0 bridgehead atoms. The first kappa shape index (κ1) is 18.8. The molecule has 0 fully saturated rings. The molecule has 0 saturated heterocycles. The lowest BCUT2D eigenvalue weighted by molar-refractivity contribution is -0.274. The average Bonchev–Trinajstić information content (AvgIpc) is 3.03. The molecule has 0 radical (unpaired) electrons. The number of ether oxygens (including phenoxy) is 1. The highest BCUT2D eigenvalue weighted by Crippen LogP contribution is 2.31. The third kappa shape index (κ3) is 4.58. The zero-order valence-corrected chi connectivity index (χ0v) is 14.5. The predicted octanol–water partition coefficient (Wildman–Crippen LogP) is 3.73. The molecule has 1 aliphatic carbocycles. The molecule has 5 nitrogen and oxygen atoms in total. The van der Waals surface area contributed by atoms with Crippen molar-refractivity contribution in [2.24, 2.45) is 16.2 Å². The van der Waals surface area contributed by atoms with Crippen molar-refractivity contribution in [1.82, 2.24) is 5.43 Å². The monoisotopic (exact) mass is 377 g/mol. The molecule has 0 saturated carbocycles. The van der Waals surface area contributed by atoms with Gasteiger partial charge in [-0.2, -0.15) is 5.10 Å². The molecule has 8 heteroatoms. The lowest BCUT2D eigenvalue weighted by atomic mass is 9.94. The maximum Gasteiger partial charge on any atom is 0.573 e. The molecular weight excluding hydrogens is 359 g/mol. The van der Waals surface area contributed by atoms with E-state index in [-0.39, 0.29) is 11.7 Å². The van der Waals surface area contributed by atoms with Gasteiger partial charge in [-0.25, -0.2) is 0 Å². The number of rotatable bonds is 5. The topological polar surface area (TPSA) is 66.2 Å². The van der Waals surface area contributed by atoms with Gasteiger partial charge in [0.05, 0.1) is 11.9 Å². The molecule has 27 heavy (non-hydrogen) atoms. The summed E-state index contributed by atoms with van der Waals surface area (Å²) in [5.41, 5.74) is 6.94. The van der Waals surface area contributed by atoms with Crippen molar-refractivity contribution in [3.05, 3.63) is 64.7 Å². The summed E-state index contributed by atoms with van der Waals surface area (Å²) in [6.07, 6.45) is -1.65. The largest absolute Gasteiger partial charge is 0.573 e. The molecule has 0 aromatic heterocycles. The second kappa shape index (κ2) is 7.69. The van der Waals surface area contributed by atoms with Gasteiger partial charge in [0.25, 0.3) is 0 Å². The van der Waals surface area contributed by atoms with Crippen molar-refractivity contribution in [2.75, 3.05) is 7.05 Å². The van der Waals surface area contributed by atoms with E-state index in [1.165, 1.54) is 24.3 Å². The summed E-state index contributed by atoms with van der Waals surface area (Å²) in [6, 6.07) is 11.4. The smallest absolute Gasteiger partial charge is 0.411 e. The van der Waals surface area contributed by atoms with Crippen LogP contribution in [0.3, 0.4) is 0 Å². The second-order valence-corrected chi connectivity index (χ2v) is 6.17. The molecule has 0 amide bonds. The SMILES string of the molecule is CN/N=C/c1ccc2c(c1)CC(/C(=N\O)c1ccc(OC(F)(F)F)cc1)C2. The van der Waals surface area contributed by atoms with E-state index >= 15 is 0 Å². The van der Waals surface area contributed by atoms with Crippen LogP contribution in [0.1, 0.15) is 22.3 Å². The minimum absolute atomic E-state index is 0.0594. The number of hydrazone groups is 1. The molecule has 2 aromatic rings. The van der Waals surface area contributed by atoms with E-state index in [0.717, 1.165) is 16.7 Å². The van der Waals surface area contributed by atoms with Gasteiger partial charge >= 0.3 is 6.36 Å². The number of halogens is 3. The van der Waals surface area contributed by atoms with Gasteiger partial charge in [0.2, 0.25) is 0 Å². The molecule has 1 unspecified atom stereocenters. The third-order valence-corrected chi connectivity index (χ3v) is 4.38. The van der Waals surface area contributed by atoms with E-state index in [9.17, 15) is 18.4 Å². The fraction of sp³-hybridized carbons (Fsp3) is 0.263. The van der Waals surface area contributed by atoms with E-state index in [4.69, 9.17) is 0 Å². The Labute approximate surface area is 154 Å². The minimum atomic E-state index is -4.74. The van der Waals surface area contributed by atoms with Crippen molar-refractivity contribution < 1.29 is 23.1 Å². The Bertz CT molecular complexity index is 861. The van der Waals surface area contributed by atoms with Crippen LogP contribution in [0, 0.1) is 5.92 Å². The van der Waals surface area contributed by atoms with E-state index in [2.05, 4.69) is 20.4 Å². The minimum Gasteiger partial charge on any atom is -0.411 e. The number of nitrogens with zero attached hydrogens (tertiary/aromatic N) is 2. The molecule has 3 rings (SSSR count). The summed E-state index contributed by atoms with van der Waals surface area (Å²) >= 11 is 0. The molecule has 2 aromatic carbocycles. The van der Waals surface area contributed by atoms with Crippen LogP contribution in [0.2, 0.25) is 0 Å². The average molecular weight is 377 g/mol. The lowest BCUT2D eigenvalue weighted by Crippen LogP contribution is -2.18. The standard InChI is InChI=1S/C19H18F3N3O2/c1-23-24-11-12-2-3-14-9-16(10-15(14)8-12)18(25-26)13-4-6-17(7-5-13)27-19(20,21)22/h2-8,11,16,23,26H,9-10H2,1H3/b24-11+,25-18-. The molecule has 0 heterocycles. The number of hydrogen-bond donors (Lipinski definition) is 2. The summed E-state index contributed by atoms with van der Waals surface area (Å²) < 4.78 is 40.7. The molecule has 2 N–H and O–H groups in total. The van der Waals surface area contributed by atoms with Crippen LogP contribution in [0.4, 0.5) is 13.2 Å². The van der Waals surface area contributed by atoms with Crippen molar-refractivity contribution in [1.29, 1.82) is 0 Å². The Balaban J connectivity index is 1.76. The predicted molar refractivity (Wildman–Crippen MR) is 95.4 cm³/mol. The van der Waals surface area contributed by atoms with Crippen LogP contribution in [0.5, 0.6) is 5.75 Å². The maximum absolute atomic E-state index is 12.3. The Morgan fingerprint density at radius 2 is 1.85 bits per heavy atom. The van der Waals surface area contributed by atoms with Crippen LogP contribution in [-0.2, 0) is 12.8 Å². The van der Waals surface area contributed by atoms with Gasteiger partial charge in [0.15, 0.2) is 0 Å². The number of oxime groups is 1. The molecular formula is C19H18F3N3O2. The van der Waals surface area contributed by atoms with Crippen molar-refractivity contribution in [3.63, 3.8) is 0 Å². The van der Waals surface area contributed by atoms with Crippen molar-refractivity contribution in [2.45, 2.75) is 19.2 Å². The summed E-state index contributed by atoms with van der Waals surface area (Å²) in [6.45, 7) is 0. The number of benzene rings is 2. The van der Waals surface area contributed by atoms with Crippen LogP contribution in [0.15, 0.2) is 52.7 Å². The summed E-state index contributed by atoms with van der Waals surface area (Å²) in [7, 11) is 1.72. The van der Waals surface area contributed by atoms with Gasteiger partial charge in [-0.3, -0.25) is 0 Å².